The second-order valence-electron chi connectivity index (χ2n) is 7.04. The van der Waals surface area contributed by atoms with Crippen molar-refractivity contribution in [3.05, 3.63) is 63.4 Å². The van der Waals surface area contributed by atoms with E-state index in [0.717, 1.165) is 6.07 Å². The molecule has 2 heterocycles. The van der Waals surface area contributed by atoms with Crippen molar-refractivity contribution in [3.8, 4) is 0 Å². The fraction of sp³-hybridized carbons (Fsp3) is 0.158. The normalized spacial score (nSPS) is 24.7. The lowest BCUT2D eigenvalue weighted by molar-refractivity contribution is -0.148. The van der Waals surface area contributed by atoms with Crippen LogP contribution in [0, 0.1) is 5.82 Å². The van der Waals surface area contributed by atoms with Crippen LogP contribution in [0.2, 0.25) is 10.0 Å². The van der Waals surface area contributed by atoms with Crippen molar-refractivity contribution in [1.82, 2.24) is 15.1 Å². The van der Waals surface area contributed by atoms with Crippen molar-refractivity contribution in [2.24, 2.45) is 0 Å². The maximum Gasteiger partial charge on any atom is 0.360 e. The molecular weight excluding hydrogens is 440 g/mol. The zero-order valence-electron chi connectivity index (χ0n) is 15.0. The number of carbonyl (C=O) groups is 4. The molecule has 11 heteroatoms. The summed E-state index contributed by atoms with van der Waals surface area (Å²) in [7, 11) is 0. The van der Waals surface area contributed by atoms with Gasteiger partial charge < -0.3 is 10.4 Å². The molecule has 3 N–H and O–H groups in total. The number of amides is 4. The number of hydrogen-bond acceptors (Lipinski definition) is 4. The summed E-state index contributed by atoms with van der Waals surface area (Å²) in [6, 6.07) is 6.91. The topological polar surface area (TPSA) is 113 Å². The predicted molar refractivity (Wildman–Crippen MR) is 104 cm³/mol. The number of rotatable bonds is 4. The molecule has 0 saturated carbocycles. The van der Waals surface area contributed by atoms with Crippen LogP contribution in [-0.2, 0) is 26.5 Å². The molecular formula is C19H13Cl2FN3O5+. The zero-order valence-corrected chi connectivity index (χ0v) is 16.6. The number of urea groups is 1. The number of halogens is 3. The Morgan fingerprint density at radius 3 is 2.40 bits per heavy atom. The summed E-state index contributed by atoms with van der Waals surface area (Å²) in [5, 5.41) is 14.3. The SMILES string of the molecule is O=C(O)C[N+]1(Cc2cc(Cl)ccc2F)C(=O)C2(NC(=O)NC2=O)c2cc(Cl)ccc21. The number of quaternary nitrogens is 1. The summed E-state index contributed by atoms with van der Waals surface area (Å²) in [6.45, 7) is -1.25. The van der Waals surface area contributed by atoms with Crippen molar-refractivity contribution in [2.75, 3.05) is 6.54 Å². The Hall–Kier alpha value is -3.01. The number of carbonyl (C=O) groups excluding carboxylic acids is 3. The first-order valence-corrected chi connectivity index (χ1v) is 9.38. The third-order valence-electron chi connectivity index (χ3n) is 5.26. The molecule has 2 atom stereocenters. The number of imide groups is 1. The third kappa shape index (κ3) is 2.78. The highest BCUT2D eigenvalue weighted by Crippen LogP contribution is 2.48. The lowest BCUT2D eigenvalue weighted by Crippen LogP contribution is -2.62. The summed E-state index contributed by atoms with van der Waals surface area (Å²) in [6.07, 6.45) is 0. The van der Waals surface area contributed by atoms with Crippen LogP contribution < -0.4 is 15.1 Å². The minimum absolute atomic E-state index is 0.0280. The molecule has 2 unspecified atom stereocenters. The molecule has 0 radical (unpaired) electrons. The number of benzene rings is 2. The van der Waals surface area contributed by atoms with Gasteiger partial charge in [0.25, 0.3) is 11.4 Å². The lowest BCUT2D eigenvalue weighted by atomic mass is 9.91. The number of fused-ring (bicyclic) bond motifs is 2. The Kier molecular flexibility index (Phi) is 4.57. The molecule has 1 spiro atoms. The van der Waals surface area contributed by atoms with Gasteiger partial charge >= 0.3 is 17.9 Å². The minimum Gasteiger partial charge on any atom is -0.477 e. The van der Waals surface area contributed by atoms with E-state index < -0.39 is 52.7 Å². The van der Waals surface area contributed by atoms with Gasteiger partial charge in [-0.25, -0.2) is 23.3 Å². The monoisotopic (exact) mass is 452 g/mol. The highest BCUT2D eigenvalue weighted by Gasteiger charge is 2.70. The van der Waals surface area contributed by atoms with Crippen molar-refractivity contribution in [1.29, 1.82) is 0 Å². The molecule has 2 aliphatic heterocycles. The van der Waals surface area contributed by atoms with Crippen LogP contribution >= 0.6 is 23.2 Å². The number of carboxylic acids is 1. The van der Waals surface area contributed by atoms with Gasteiger partial charge in [0, 0.05) is 21.7 Å². The maximum atomic E-state index is 14.5. The first-order valence-electron chi connectivity index (χ1n) is 8.62. The van der Waals surface area contributed by atoms with Crippen molar-refractivity contribution in [3.63, 3.8) is 0 Å². The molecule has 2 aliphatic rings. The standard InChI is InChI=1S/C19H12Cl2FN3O5/c20-10-1-3-13(22)9(5-10)7-25(8-15(26)27)14-4-2-11(21)6-12(14)19(17(25)29)16(28)23-18(30)24-19/h1-6H,7-8H2,(H2-,23,24,26,27,28,30)/p+1. The van der Waals surface area contributed by atoms with Crippen LogP contribution in [0.3, 0.4) is 0 Å². The molecule has 0 aliphatic carbocycles. The highest BCUT2D eigenvalue weighted by atomic mass is 35.5. The quantitative estimate of drug-likeness (QED) is 0.374. The molecule has 4 amide bonds. The van der Waals surface area contributed by atoms with Crippen LogP contribution in [0.1, 0.15) is 11.1 Å². The van der Waals surface area contributed by atoms with Gasteiger partial charge in [-0.3, -0.25) is 10.1 Å². The minimum atomic E-state index is -2.18. The van der Waals surface area contributed by atoms with E-state index in [2.05, 4.69) is 5.32 Å². The summed E-state index contributed by atoms with van der Waals surface area (Å²) in [5.41, 5.74) is -2.06. The van der Waals surface area contributed by atoms with E-state index in [1.807, 2.05) is 5.32 Å². The summed E-state index contributed by atoms with van der Waals surface area (Å²) in [4.78, 5) is 50.2. The van der Waals surface area contributed by atoms with E-state index in [0.29, 0.717) is 0 Å². The molecule has 2 aromatic carbocycles. The van der Waals surface area contributed by atoms with Gasteiger partial charge in [0.05, 0.1) is 5.56 Å². The van der Waals surface area contributed by atoms with Crippen LogP contribution in [0.5, 0.6) is 0 Å². The molecule has 2 aromatic rings. The van der Waals surface area contributed by atoms with Gasteiger partial charge in [-0.05, 0) is 30.3 Å². The van der Waals surface area contributed by atoms with E-state index in [1.165, 1.54) is 30.3 Å². The van der Waals surface area contributed by atoms with Crippen LogP contribution in [0.15, 0.2) is 36.4 Å². The maximum absolute atomic E-state index is 14.5. The second kappa shape index (κ2) is 6.76. The lowest BCUT2D eigenvalue weighted by Gasteiger charge is -2.31. The number of nitrogens with one attached hydrogen (secondary N) is 2. The average Bonchev–Trinajstić information content (AvgIpc) is 3.06. The van der Waals surface area contributed by atoms with E-state index in [4.69, 9.17) is 23.2 Å². The molecule has 4 rings (SSSR count). The van der Waals surface area contributed by atoms with E-state index in [1.54, 1.807) is 0 Å². The Bertz CT molecular complexity index is 1160. The molecule has 1 saturated heterocycles. The van der Waals surface area contributed by atoms with Gasteiger partial charge in [-0.2, -0.15) is 0 Å². The average molecular weight is 453 g/mol. The van der Waals surface area contributed by atoms with E-state index in [-0.39, 0.29) is 26.9 Å². The largest absolute Gasteiger partial charge is 0.477 e. The second-order valence-corrected chi connectivity index (χ2v) is 7.91. The number of hydrogen-bond donors (Lipinski definition) is 3. The van der Waals surface area contributed by atoms with Crippen molar-refractivity contribution < 1.29 is 28.7 Å². The smallest absolute Gasteiger partial charge is 0.360 e. The summed E-state index contributed by atoms with van der Waals surface area (Å²) in [5.74, 6) is -3.97. The van der Waals surface area contributed by atoms with Gasteiger partial charge in [0.15, 0.2) is 6.54 Å². The summed E-state index contributed by atoms with van der Waals surface area (Å²) < 4.78 is 13.6. The molecule has 8 nitrogen and oxygen atoms in total. The number of aliphatic carboxylic acids is 1. The predicted octanol–water partition coefficient (Wildman–Crippen LogP) is 2.30. The molecule has 30 heavy (non-hydrogen) atoms. The highest BCUT2D eigenvalue weighted by molar-refractivity contribution is 6.32. The van der Waals surface area contributed by atoms with Gasteiger partial charge in [0.2, 0.25) is 0 Å². The van der Waals surface area contributed by atoms with E-state index >= 15 is 0 Å². The molecule has 1 fully saturated rings. The van der Waals surface area contributed by atoms with E-state index in [9.17, 15) is 28.7 Å². The van der Waals surface area contributed by atoms with Crippen molar-refractivity contribution >= 4 is 52.7 Å². The molecule has 0 bridgehead atoms. The Balaban J connectivity index is 2.00. The van der Waals surface area contributed by atoms with Crippen LogP contribution in [0.4, 0.5) is 14.9 Å². The third-order valence-corrected chi connectivity index (χ3v) is 5.73. The molecule has 154 valence electrons. The zero-order chi connectivity index (χ0) is 21.8. The fourth-order valence-corrected chi connectivity index (χ4v) is 4.45. The fourth-order valence-electron chi connectivity index (χ4n) is 4.08. The van der Waals surface area contributed by atoms with Gasteiger partial charge in [-0.15, -0.1) is 0 Å². The Morgan fingerprint density at radius 2 is 1.77 bits per heavy atom. The Morgan fingerprint density at radius 1 is 1.10 bits per heavy atom. The van der Waals surface area contributed by atoms with Crippen molar-refractivity contribution in [2.45, 2.75) is 12.1 Å². The van der Waals surface area contributed by atoms with Gasteiger partial charge in [-0.1, -0.05) is 23.2 Å². The molecule has 0 aromatic heterocycles. The van der Waals surface area contributed by atoms with Gasteiger partial charge in [0.1, 0.15) is 18.0 Å². The Labute approximate surface area is 178 Å². The number of carboxylic acid groups (broad SMARTS) is 1. The van der Waals surface area contributed by atoms with Crippen LogP contribution in [-0.4, -0.2) is 35.5 Å². The first-order chi connectivity index (χ1) is 14.1. The first kappa shape index (κ1) is 20.3. The van der Waals surface area contributed by atoms with Crippen LogP contribution in [0.25, 0.3) is 0 Å². The summed E-state index contributed by atoms with van der Waals surface area (Å²) >= 11 is 12.0. The number of nitrogens with zero attached hydrogens (tertiary/aromatic N) is 1.